The smallest absolute Gasteiger partial charge is 0.230 e. The summed E-state index contributed by atoms with van der Waals surface area (Å²) in [7, 11) is 2.06. The van der Waals surface area contributed by atoms with Crippen LogP contribution in [0.25, 0.3) is 0 Å². The first-order valence-corrected chi connectivity index (χ1v) is 10.4. The zero-order valence-corrected chi connectivity index (χ0v) is 16.6. The molecule has 2 saturated heterocycles. The van der Waals surface area contributed by atoms with Crippen LogP contribution in [0.3, 0.4) is 0 Å². The molecule has 2 bridgehead atoms. The Labute approximate surface area is 165 Å². The van der Waals surface area contributed by atoms with Gasteiger partial charge in [-0.1, -0.05) is 6.07 Å². The number of hydrogen-bond donors (Lipinski definition) is 2. The molecular weight excluding hydrogens is 356 g/mol. The van der Waals surface area contributed by atoms with Gasteiger partial charge in [0.05, 0.1) is 12.0 Å². The fourth-order valence-electron chi connectivity index (χ4n) is 6.97. The van der Waals surface area contributed by atoms with Crippen LogP contribution in [0.15, 0.2) is 18.2 Å². The molecule has 150 valence electrons. The fourth-order valence-corrected chi connectivity index (χ4v) is 6.97. The quantitative estimate of drug-likeness (QED) is 0.715. The molecule has 1 aromatic rings. The number of likely N-dealkylation sites (tertiary alicyclic amines) is 2. The lowest BCUT2D eigenvalue weighted by Gasteiger charge is -2.66. The molecule has 1 aromatic carbocycles. The Morgan fingerprint density at radius 3 is 2.75 bits per heavy atom. The number of carbonyl (C=O) groups is 2. The van der Waals surface area contributed by atoms with Crippen molar-refractivity contribution in [3.63, 3.8) is 0 Å². The van der Waals surface area contributed by atoms with Crippen LogP contribution >= 0.6 is 0 Å². The molecule has 5 rings (SSSR count). The molecule has 3 fully saturated rings. The third-order valence-electron chi connectivity index (χ3n) is 8.30. The Morgan fingerprint density at radius 1 is 1.21 bits per heavy atom. The Hall–Kier alpha value is -1.92. The number of carbonyl (C=O) groups excluding carboxylic acids is 2. The van der Waals surface area contributed by atoms with E-state index < -0.39 is 16.6 Å². The van der Waals surface area contributed by atoms with Crippen molar-refractivity contribution in [3.8, 4) is 5.75 Å². The van der Waals surface area contributed by atoms with E-state index in [-0.39, 0.29) is 29.9 Å². The number of rotatable bonds is 1. The average Bonchev–Trinajstić information content (AvgIpc) is 2.88. The third kappa shape index (κ3) is 1.95. The number of phenolic OH excluding ortho intramolecular Hbond substituents is 1. The molecule has 28 heavy (non-hydrogen) atoms. The van der Waals surface area contributed by atoms with E-state index in [1.165, 1.54) is 0 Å². The van der Waals surface area contributed by atoms with Crippen LogP contribution in [0.4, 0.5) is 0 Å². The lowest BCUT2D eigenvalue weighted by molar-refractivity contribution is -0.186. The predicted octanol–water partition coefficient (Wildman–Crippen LogP) is 1.37. The largest absolute Gasteiger partial charge is 0.508 e. The fraction of sp³-hybridized carbons (Fsp3) is 0.636. The molecule has 2 heterocycles. The molecule has 0 aromatic heterocycles. The third-order valence-corrected chi connectivity index (χ3v) is 8.30. The van der Waals surface area contributed by atoms with Gasteiger partial charge in [0.2, 0.25) is 5.91 Å². The topological polar surface area (TPSA) is 81.1 Å². The van der Waals surface area contributed by atoms with Gasteiger partial charge in [-0.05, 0) is 75.9 Å². The van der Waals surface area contributed by atoms with Crippen LogP contribution in [0.5, 0.6) is 5.75 Å². The van der Waals surface area contributed by atoms with Crippen molar-refractivity contribution in [1.29, 1.82) is 0 Å². The summed E-state index contributed by atoms with van der Waals surface area (Å²) in [6.45, 7) is 3.26. The van der Waals surface area contributed by atoms with E-state index in [4.69, 9.17) is 0 Å². The maximum atomic E-state index is 13.1. The highest BCUT2D eigenvalue weighted by Crippen LogP contribution is 2.62. The molecule has 2 N–H and O–H groups in total. The van der Waals surface area contributed by atoms with Gasteiger partial charge < -0.3 is 20.0 Å². The minimum atomic E-state index is -0.961. The molecule has 1 spiro atoms. The molecular formula is C22H28N2O4. The molecule has 0 unspecified atom stereocenters. The standard InChI is InChI=1S/C22H28N2O4/c1-3-24-19(27)12-18(26)21(24)6-7-22(28)17-10-14-4-5-15(25)11-16(14)20(22,13-21)8-9-23(17)2/h4-5,11,17,25,28H,3,6-10,12-13H2,1-2H3/t17-,20-,21+,22-/m1/s1. The Balaban J connectivity index is 1.73. The first-order valence-electron chi connectivity index (χ1n) is 10.4. The first kappa shape index (κ1) is 18.1. The number of Topliss-reactive ketones (excluding diaryl/α,β-unsaturated/α-hetero) is 1. The van der Waals surface area contributed by atoms with Crippen molar-refractivity contribution in [2.24, 2.45) is 0 Å². The number of likely N-dealkylation sites (N-methyl/N-ethyl adjacent to an activating group) is 2. The van der Waals surface area contributed by atoms with Gasteiger partial charge in [-0.25, -0.2) is 0 Å². The van der Waals surface area contributed by atoms with Crippen LogP contribution in [0.2, 0.25) is 0 Å². The number of piperidine rings is 1. The highest BCUT2D eigenvalue weighted by Gasteiger charge is 2.70. The van der Waals surface area contributed by atoms with Crippen LogP contribution in [-0.4, -0.2) is 69.0 Å². The Morgan fingerprint density at radius 2 is 2.00 bits per heavy atom. The minimum Gasteiger partial charge on any atom is -0.508 e. The second kappa shape index (κ2) is 5.57. The molecule has 2 aliphatic carbocycles. The number of ketones is 1. The lowest BCUT2D eigenvalue weighted by atomic mass is 9.46. The summed E-state index contributed by atoms with van der Waals surface area (Å²) < 4.78 is 0. The maximum Gasteiger partial charge on any atom is 0.230 e. The summed E-state index contributed by atoms with van der Waals surface area (Å²) in [5.41, 5.74) is -0.296. The summed E-state index contributed by atoms with van der Waals surface area (Å²) in [6.07, 6.45) is 2.89. The zero-order chi connectivity index (χ0) is 19.9. The maximum absolute atomic E-state index is 13.1. The second-order valence-electron chi connectivity index (χ2n) is 9.24. The summed E-state index contributed by atoms with van der Waals surface area (Å²) in [5.74, 6) is 0.0953. The van der Waals surface area contributed by atoms with Gasteiger partial charge in [-0.3, -0.25) is 9.59 Å². The number of phenols is 1. The van der Waals surface area contributed by atoms with Gasteiger partial charge in [0.1, 0.15) is 11.3 Å². The number of hydrogen-bond acceptors (Lipinski definition) is 5. The van der Waals surface area contributed by atoms with Gasteiger partial charge in [-0.2, -0.15) is 0 Å². The zero-order valence-electron chi connectivity index (χ0n) is 16.6. The molecule has 2 aliphatic heterocycles. The van der Waals surface area contributed by atoms with Crippen LogP contribution < -0.4 is 0 Å². The SMILES string of the molecule is CCN1C(=O)CC(=O)[C@@]12CC[C@@]1(O)[C@H]3Cc4ccc(O)cc4[C@@]1(CCN3C)C2. The van der Waals surface area contributed by atoms with Crippen LogP contribution in [0, 0.1) is 0 Å². The normalized spacial score (nSPS) is 40.0. The monoisotopic (exact) mass is 384 g/mol. The Kier molecular flexibility index (Phi) is 3.61. The van der Waals surface area contributed by atoms with Crippen molar-refractivity contribution >= 4 is 11.7 Å². The van der Waals surface area contributed by atoms with Crippen molar-refractivity contribution < 1.29 is 19.8 Å². The first-order chi connectivity index (χ1) is 13.3. The molecule has 6 nitrogen and oxygen atoms in total. The van der Waals surface area contributed by atoms with Crippen LogP contribution in [-0.2, 0) is 21.4 Å². The van der Waals surface area contributed by atoms with E-state index in [1.54, 1.807) is 17.0 Å². The number of amides is 1. The number of nitrogens with zero attached hydrogens (tertiary/aromatic N) is 2. The highest BCUT2D eigenvalue weighted by molar-refractivity contribution is 6.10. The average molecular weight is 384 g/mol. The van der Waals surface area contributed by atoms with Gasteiger partial charge >= 0.3 is 0 Å². The number of benzene rings is 1. The van der Waals surface area contributed by atoms with Gasteiger partial charge in [0.25, 0.3) is 0 Å². The van der Waals surface area contributed by atoms with Crippen molar-refractivity contribution in [2.75, 3.05) is 20.1 Å². The van der Waals surface area contributed by atoms with E-state index in [0.29, 0.717) is 32.2 Å². The summed E-state index contributed by atoms with van der Waals surface area (Å²) in [4.78, 5) is 29.7. The van der Waals surface area contributed by atoms with Crippen LogP contribution in [0.1, 0.15) is 50.2 Å². The molecule has 0 radical (unpaired) electrons. The second-order valence-corrected chi connectivity index (χ2v) is 9.24. The number of aromatic hydroxyl groups is 1. The number of fused-ring (bicyclic) bond motifs is 1. The van der Waals surface area contributed by atoms with E-state index >= 15 is 0 Å². The minimum absolute atomic E-state index is 0.00136. The summed E-state index contributed by atoms with van der Waals surface area (Å²) >= 11 is 0. The molecule has 6 heteroatoms. The molecule has 1 saturated carbocycles. The van der Waals surface area contributed by atoms with Crippen molar-refractivity contribution in [2.45, 2.75) is 68.0 Å². The van der Waals surface area contributed by atoms with E-state index in [0.717, 1.165) is 24.1 Å². The van der Waals surface area contributed by atoms with Gasteiger partial charge in [0.15, 0.2) is 5.78 Å². The van der Waals surface area contributed by atoms with Gasteiger partial charge in [0, 0.05) is 18.0 Å². The molecule has 1 amide bonds. The van der Waals surface area contributed by atoms with E-state index in [2.05, 4.69) is 11.9 Å². The lowest BCUT2D eigenvalue weighted by Crippen LogP contribution is -2.75. The van der Waals surface area contributed by atoms with E-state index in [9.17, 15) is 19.8 Å². The summed E-state index contributed by atoms with van der Waals surface area (Å²) in [5, 5.41) is 22.3. The Bertz CT molecular complexity index is 885. The highest BCUT2D eigenvalue weighted by atomic mass is 16.3. The number of aliphatic hydroxyl groups is 1. The van der Waals surface area contributed by atoms with Crippen molar-refractivity contribution in [3.05, 3.63) is 29.3 Å². The molecule has 4 aliphatic rings. The van der Waals surface area contributed by atoms with E-state index in [1.807, 2.05) is 13.0 Å². The summed E-state index contributed by atoms with van der Waals surface area (Å²) in [6, 6.07) is 5.44. The predicted molar refractivity (Wildman–Crippen MR) is 103 cm³/mol. The van der Waals surface area contributed by atoms with Gasteiger partial charge in [-0.15, -0.1) is 0 Å². The molecule has 4 atom stereocenters. The van der Waals surface area contributed by atoms with Crippen molar-refractivity contribution in [1.82, 2.24) is 9.80 Å².